The van der Waals surface area contributed by atoms with Crippen molar-refractivity contribution in [3.8, 4) is 0 Å². The summed E-state index contributed by atoms with van der Waals surface area (Å²) in [6.07, 6.45) is 2.38. The minimum absolute atomic E-state index is 0.610. The molecule has 0 fully saturated rings. The molecule has 0 saturated heterocycles. The van der Waals surface area contributed by atoms with Crippen molar-refractivity contribution in [2.75, 3.05) is 20.1 Å². The summed E-state index contributed by atoms with van der Waals surface area (Å²) < 4.78 is 0. The average molecular weight is 282 g/mol. The molecule has 0 radical (unpaired) electrons. The maximum Gasteiger partial charge on any atom is 0.0115 e. The molecule has 0 saturated carbocycles. The van der Waals surface area contributed by atoms with Gasteiger partial charge in [0.05, 0.1) is 0 Å². The Morgan fingerprint density at radius 1 is 1.21 bits per heavy atom. The van der Waals surface area contributed by atoms with Crippen LogP contribution in [0.3, 0.4) is 0 Å². The molecule has 1 N–H and O–H groups in total. The minimum Gasteiger partial charge on any atom is -0.316 e. The van der Waals surface area contributed by atoms with Gasteiger partial charge in [-0.1, -0.05) is 19.9 Å². The summed E-state index contributed by atoms with van der Waals surface area (Å²) in [5.74, 6) is 0.741. The second kappa shape index (κ2) is 8.72. The largest absolute Gasteiger partial charge is 0.316 e. The summed E-state index contributed by atoms with van der Waals surface area (Å²) in [4.78, 5) is 4.00. The van der Waals surface area contributed by atoms with Gasteiger partial charge in [-0.15, -0.1) is 11.3 Å². The maximum atomic E-state index is 3.53. The van der Waals surface area contributed by atoms with E-state index < -0.39 is 0 Å². The lowest BCUT2D eigenvalue weighted by Crippen LogP contribution is -2.39. The van der Waals surface area contributed by atoms with Crippen LogP contribution in [-0.4, -0.2) is 37.1 Å². The summed E-state index contributed by atoms with van der Waals surface area (Å²) in [7, 11) is 2.26. The summed E-state index contributed by atoms with van der Waals surface area (Å²) in [6, 6.07) is 5.63. The lowest BCUT2D eigenvalue weighted by molar-refractivity contribution is 0.186. The first-order chi connectivity index (χ1) is 9.00. The Balaban J connectivity index is 2.24. The molecule has 110 valence electrons. The maximum absolute atomic E-state index is 3.53. The highest BCUT2D eigenvalue weighted by molar-refractivity contribution is 7.09. The quantitative estimate of drug-likeness (QED) is 0.696. The highest BCUT2D eigenvalue weighted by Gasteiger charge is 2.16. The molecule has 0 aliphatic heterocycles. The molecule has 2 nitrogen and oxygen atoms in total. The molecule has 3 heteroatoms. The Bertz CT molecular complexity index is 321. The lowest BCUT2D eigenvalue weighted by Gasteiger charge is -2.31. The molecule has 0 aliphatic rings. The highest BCUT2D eigenvalue weighted by Crippen LogP contribution is 2.15. The second-order valence-corrected chi connectivity index (χ2v) is 7.07. The predicted molar refractivity (Wildman–Crippen MR) is 87.0 cm³/mol. The van der Waals surface area contributed by atoms with E-state index in [1.54, 1.807) is 0 Å². The van der Waals surface area contributed by atoms with Gasteiger partial charge in [0.15, 0.2) is 0 Å². The van der Waals surface area contributed by atoms with Gasteiger partial charge in [-0.25, -0.2) is 0 Å². The van der Waals surface area contributed by atoms with Crippen molar-refractivity contribution in [2.24, 2.45) is 5.92 Å². The zero-order valence-corrected chi connectivity index (χ0v) is 14.0. The van der Waals surface area contributed by atoms with Gasteiger partial charge in [0.1, 0.15) is 0 Å². The van der Waals surface area contributed by atoms with Crippen molar-refractivity contribution in [3.63, 3.8) is 0 Å². The van der Waals surface area contributed by atoms with Crippen LogP contribution < -0.4 is 5.32 Å². The summed E-state index contributed by atoms with van der Waals surface area (Å²) in [5, 5.41) is 5.70. The molecular formula is C16H30N2S. The SMILES string of the molecule is CC(C)CNCCC(C)N(C)C(C)Cc1cccs1. The van der Waals surface area contributed by atoms with E-state index in [2.05, 4.69) is 62.5 Å². The normalized spacial score (nSPS) is 15.1. The van der Waals surface area contributed by atoms with Gasteiger partial charge in [0, 0.05) is 17.0 Å². The predicted octanol–water partition coefficient (Wildman–Crippen LogP) is 3.64. The fourth-order valence-corrected chi connectivity index (χ4v) is 3.03. The second-order valence-electron chi connectivity index (χ2n) is 6.03. The first-order valence-corrected chi connectivity index (χ1v) is 8.33. The first-order valence-electron chi connectivity index (χ1n) is 7.45. The van der Waals surface area contributed by atoms with E-state index in [9.17, 15) is 0 Å². The number of hydrogen-bond acceptors (Lipinski definition) is 3. The van der Waals surface area contributed by atoms with E-state index in [4.69, 9.17) is 0 Å². The minimum atomic E-state index is 0.610. The van der Waals surface area contributed by atoms with Gasteiger partial charge in [-0.3, -0.25) is 0 Å². The van der Waals surface area contributed by atoms with E-state index in [-0.39, 0.29) is 0 Å². The number of rotatable bonds is 9. The van der Waals surface area contributed by atoms with Crippen LogP contribution in [0.1, 0.15) is 39.0 Å². The molecule has 0 aromatic carbocycles. The number of thiophene rings is 1. The van der Waals surface area contributed by atoms with Crippen molar-refractivity contribution < 1.29 is 0 Å². The molecule has 2 unspecified atom stereocenters. The van der Waals surface area contributed by atoms with Crippen molar-refractivity contribution in [1.29, 1.82) is 0 Å². The number of nitrogens with zero attached hydrogens (tertiary/aromatic N) is 1. The van der Waals surface area contributed by atoms with Gasteiger partial charge in [-0.05, 0) is 64.2 Å². The van der Waals surface area contributed by atoms with Crippen LogP contribution in [0, 0.1) is 5.92 Å². The number of nitrogens with one attached hydrogen (secondary N) is 1. The molecule has 1 heterocycles. The lowest BCUT2D eigenvalue weighted by atomic mass is 10.1. The van der Waals surface area contributed by atoms with Crippen LogP contribution in [0.2, 0.25) is 0 Å². The Morgan fingerprint density at radius 2 is 1.95 bits per heavy atom. The fraction of sp³-hybridized carbons (Fsp3) is 0.750. The van der Waals surface area contributed by atoms with Crippen LogP contribution >= 0.6 is 11.3 Å². The molecule has 2 atom stereocenters. The van der Waals surface area contributed by atoms with Gasteiger partial charge < -0.3 is 10.2 Å². The highest BCUT2D eigenvalue weighted by atomic mass is 32.1. The topological polar surface area (TPSA) is 15.3 Å². The summed E-state index contributed by atoms with van der Waals surface area (Å²) >= 11 is 1.87. The van der Waals surface area contributed by atoms with Crippen LogP contribution in [0.4, 0.5) is 0 Å². The monoisotopic (exact) mass is 282 g/mol. The molecule has 1 aromatic heterocycles. The van der Waals surface area contributed by atoms with E-state index in [1.807, 2.05) is 11.3 Å². The van der Waals surface area contributed by atoms with Gasteiger partial charge >= 0.3 is 0 Å². The third-order valence-electron chi connectivity index (χ3n) is 3.76. The van der Waals surface area contributed by atoms with E-state index in [1.165, 1.54) is 11.3 Å². The van der Waals surface area contributed by atoms with Crippen LogP contribution in [0.5, 0.6) is 0 Å². The smallest absolute Gasteiger partial charge is 0.0115 e. The van der Waals surface area contributed by atoms with Crippen molar-refractivity contribution in [1.82, 2.24) is 10.2 Å². The molecule has 0 amide bonds. The molecule has 1 rings (SSSR count). The summed E-state index contributed by atoms with van der Waals surface area (Å²) in [5.41, 5.74) is 0. The van der Waals surface area contributed by atoms with Crippen molar-refractivity contribution >= 4 is 11.3 Å². The van der Waals surface area contributed by atoms with E-state index >= 15 is 0 Å². The van der Waals surface area contributed by atoms with E-state index in [0.717, 1.165) is 25.4 Å². The van der Waals surface area contributed by atoms with Crippen LogP contribution in [0.25, 0.3) is 0 Å². The molecular weight excluding hydrogens is 252 g/mol. The molecule has 19 heavy (non-hydrogen) atoms. The van der Waals surface area contributed by atoms with Crippen LogP contribution in [-0.2, 0) is 6.42 Å². The van der Waals surface area contributed by atoms with Crippen molar-refractivity contribution in [2.45, 2.75) is 52.6 Å². The standard InChI is InChI=1S/C16H30N2S/c1-13(2)12-17-9-8-14(3)18(5)15(4)11-16-7-6-10-19-16/h6-7,10,13-15,17H,8-9,11-12H2,1-5H3. The van der Waals surface area contributed by atoms with Gasteiger partial charge in [0.25, 0.3) is 0 Å². The zero-order chi connectivity index (χ0) is 14.3. The fourth-order valence-electron chi connectivity index (χ4n) is 2.20. The number of likely N-dealkylation sites (N-methyl/N-ethyl adjacent to an activating group) is 1. The van der Waals surface area contributed by atoms with Crippen molar-refractivity contribution in [3.05, 3.63) is 22.4 Å². The molecule has 0 spiro atoms. The third kappa shape index (κ3) is 6.55. The number of hydrogen-bond donors (Lipinski definition) is 1. The summed E-state index contributed by atoms with van der Waals surface area (Å²) in [6.45, 7) is 11.4. The zero-order valence-electron chi connectivity index (χ0n) is 13.1. The Hall–Kier alpha value is -0.380. The Kier molecular flexibility index (Phi) is 7.66. The Labute approximate surface area is 123 Å². The van der Waals surface area contributed by atoms with E-state index in [0.29, 0.717) is 12.1 Å². The molecule has 0 bridgehead atoms. The molecule has 0 aliphatic carbocycles. The first kappa shape index (κ1) is 16.7. The molecule has 1 aromatic rings. The van der Waals surface area contributed by atoms with Gasteiger partial charge in [-0.2, -0.15) is 0 Å². The average Bonchev–Trinajstić information content (AvgIpc) is 2.85. The third-order valence-corrected chi connectivity index (χ3v) is 4.66. The Morgan fingerprint density at radius 3 is 2.53 bits per heavy atom. The van der Waals surface area contributed by atoms with Crippen LogP contribution in [0.15, 0.2) is 17.5 Å². The van der Waals surface area contributed by atoms with Gasteiger partial charge in [0.2, 0.25) is 0 Å².